The minimum atomic E-state index is -0.730. The van der Waals surface area contributed by atoms with Gasteiger partial charge in [0.15, 0.2) is 0 Å². The van der Waals surface area contributed by atoms with Crippen LogP contribution >= 0.6 is 11.3 Å². The number of benzene rings is 2. The van der Waals surface area contributed by atoms with E-state index in [1.54, 1.807) is 6.92 Å². The summed E-state index contributed by atoms with van der Waals surface area (Å²) in [6.45, 7) is 1.76. The van der Waals surface area contributed by atoms with Gasteiger partial charge in [0.05, 0.1) is 16.7 Å². The van der Waals surface area contributed by atoms with Gasteiger partial charge in [0.25, 0.3) is 0 Å². The maximum Gasteiger partial charge on any atom is 0.349 e. The number of H-pyrrole nitrogens is 1. The van der Waals surface area contributed by atoms with Gasteiger partial charge in [-0.1, -0.05) is 24.3 Å². The fraction of sp³-hybridized carbons (Fsp3) is 0.0870. The van der Waals surface area contributed by atoms with Crippen LogP contribution in [-0.2, 0) is 4.74 Å². The van der Waals surface area contributed by atoms with Crippen LogP contribution in [0.4, 0.5) is 0 Å². The molecule has 1 atom stereocenters. The van der Waals surface area contributed by atoms with E-state index < -0.39 is 23.2 Å². The first-order chi connectivity index (χ1) is 15.0. The van der Waals surface area contributed by atoms with E-state index in [1.807, 2.05) is 65.4 Å². The molecule has 0 amide bonds. The molecule has 0 saturated heterocycles. The minimum absolute atomic E-state index is 0.422. The van der Waals surface area contributed by atoms with Crippen molar-refractivity contribution in [3.05, 3.63) is 91.9 Å². The Hall–Kier alpha value is -3.91. The lowest BCUT2D eigenvalue weighted by Gasteiger charge is -2.12. The van der Waals surface area contributed by atoms with Gasteiger partial charge in [0.1, 0.15) is 15.8 Å². The molecule has 1 aliphatic rings. The lowest BCUT2D eigenvalue weighted by molar-refractivity contribution is 0.0425. The number of carbonyl (C=O) groups excluding carboxylic acids is 1. The average Bonchev–Trinajstić information content (AvgIpc) is 3.43. The van der Waals surface area contributed by atoms with Crippen molar-refractivity contribution in [3.8, 4) is 11.4 Å². The normalized spacial score (nSPS) is 15.5. The van der Waals surface area contributed by atoms with E-state index >= 15 is 0 Å². The molecule has 2 aromatic carbocycles. The summed E-state index contributed by atoms with van der Waals surface area (Å²) in [7, 11) is 0. The molecule has 3 aromatic heterocycles. The highest BCUT2D eigenvalue weighted by atomic mass is 32.1. The molecule has 8 heteroatoms. The molecule has 1 aliphatic heterocycles. The molecule has 1 N–H and O–H groups in total. The molecule has 0 radical (unpaired) electrons. The second-order valence-electron chi connectivity index (χ2n) is 7.43. The Morgan fingerprint density at radius 3 is 2.61 bits per heavy atom. The summed E-state index contributed by atoms with van der Waals surface area (Å²) in [6, 6.07) is 17.5. The molecule has 0 saturated carbocycles. The predicted octanol–water partition coefficient (Wildman–Crippen LogP) is 3.92. The summed E-state index contributed by atoms with van der Waals surface area (Å²) in [5, 5.41) is 1.00. The fourth-order valence-corrected chi connectivity index (χ4v) is 5.37. The highest BCUT2D eigenvalue weighted by molar-refractivity contribution is 7.20. The number of thiophene rings is 1. The fourth-order valence-electron chi connectivity index (χ4n) is 4.22. The Balaban J connectivity index is 1.69. The van der Waals surface area contributed by atoms with E-state index in [1.165, 1.54) is 4.57 Å². The van der Waals surface area contributed by atoms with Gasteiger partial charge in [-0.15, -0.1) is 11.3 Å². The highest BCUT2D eigenvalue weighted by Gasteiger charge is 2.35. The molecule has 152 valence electrons. The molecule has 7 nitrogen and oxygen atoms in total. The number of hydrogen-bond acceptors (Lipinski definition) is 5. The summed E-state index contributed by atoms with van der Waals surface area (Å²) >= 11 is 1.14. The zero-order valence-corrected chi connectivity index (χ0v) is 17.1. The zero-order chi connectivity index (χ0) is 21.3. The number of fused-ring (bicyclic) bond motifs is 4. The Kier molecular flexibility index (Phi) is 3.63. The SMILES string of the molecule is CC1OC(=O)c2sc3[nH]c(=O)c(=O)n(-c4ccc5ccn(-c6ccccc6)c5c4)c3c21. The van der Waals surface area contributed by atoms with E-state index in [4.69, 9.17) is 4.74 Å². The number of aromatic amines is 1. The van der Waals surface area contributed by atoms with Gasteiger partial charge in [-0.2, -0.15) is 0 Å². The Morgan fingerprint density at radius 2 is 1.81 bits per heavy atom. The van der Waals surface area contributed by atoms with E-state index in [0.29, 0.717) is 26.5 Å². The van der Waals surface area contributed by atoms with Crippen LogP contribution in [0.1, 0.15) is 28.3 Å². The first kappa shape index (κ1) is 17.9. The van der Waals surface area contributed by atoms with Gasteiger partial charge >= 0.3 is 17.1 Å². The molecule has 4 heterocycles. The van der Waals surface area contributed by atoms with Crippen molar-refractivity contribution in [1.82, 2.24) is 14.1 Å². The second-order valence-corrected chi connectivity index (χ2v) is 8.45. The minimum Gasteiger partial charge on any atom is -0.453 e. The van der Waals surface area contributed by atoms with Crippen LogP contribution in [0.25, 0.3) is 32.6 Å². The molecule has 0 bridgehead atoms. The second kappa shape index (κ2) is 6.29. The van der Waals surface area contributed by atoms with Gasteiger partial charge in [-0.3, -0.25) is 14.2 Å². The van der Waals surface area contributed by atoms with Crippen LogP contribution in [0.5, 0.6) is 0 Å². The summed E-state index contributed by atoms with van der Waals surface area (Å²) < 4.78 is 8.76. The molecule has 0 spiro atoms. The van der Waals surface area contributed by atoms with Crippen LogP contribution in [0.2, 0.25) is 0 Å². The van der Waals surface area contributed by atoms with Crippen LogP contribution in [0, 0.1) is 0 Å². The number of carbonyl (C=O) groups is 1. The number of cyclic esters (lactones) is 1. The van der Waals surface area contributed by atoms with E-state index in [0.717, 1.165) is 27.9 Å². The first-order valence-corrected chi connectivity index (χ1v) is 10.5. The monoisotopic (exact) mass is 429 g/mol. The van der Waals surface area contributed by atoms with Gasteiger partial charge in [-0.05, 0) is 37.3 Å². The number of aromatic nitrogens is 3. The number of esters is 1. The smallest absolute Gasteiger partial charge is 0.349 e. The number of ether oxygens (including phenoxy) is 1. The van der Waals surface area contributed by atoms with Crippen molar-refractivity contribution >= 4 is 38.6 Å². The van der Waals surface area contributed by atoms with Crippen LogP contribution in [0.3, 0.4) is 0 Å². The Labute approximate surface area is 178 Å². The topological polar surface area (TPSA) is 86.1 Å². The molecule has 0 fully saturated rings. The maximum absolute atomic E-state index is 13.0. The summed E-state index contributed by atoms with van der Waals surface area (Å²) in [4.78, 5) is 41.1. The van der Waals surface area contributed by atoms with Gasteiger partial charge in [0.2, 0.25) is 0 Å². The molecule has 0 aliphatic carbocycles. The third-order valence-corrected chi connectivity index (χ3v) is 6.70. The zero-order valence-electron chi connectivity index (χ0n) is 16.3. The Morgan fingerprint density at radius 1 is 1.00 bits per heavy atom. The molecule has 6 rings (SSSR count). The summed E-state index contributed by atoms with van der Waals surface area (Å²) in [5.41, 5.74) is 2.16. The van der Waals surface area contributed by atoms with Crippen molar-refractivity contribution in [1.29, 1.82) is 0 Å². The van der Waals surface area contributed by atoms with Crippen LogP contribution < -0.4 is 11.1 Å². The number of hydrogen-bond donors (Lipinski definition) is 1. The lowest BCUT2D eigenvalue weighted by Crippen LogP contribution is -2.35. The van der Waals surface area contributed by atoms with Crippen molar-refractivity contribution in [2.75, 3.05) is 0 Å². The molecule has 5 aromatic rings. The number of nitrogens with zero attached hydrogens (tertiary/aromatic N) is 2. The van der Waals surface area contributed by atoms with Crippen LogP contribution in [-0.4, -0.2) is 20.1 Å². The van der Waals surface area contributed by atoms with Gasteiger partial charge in [0, 0.05) is 22.8 Å². The third-order valence-electron chi connectivity index (χ3n) is 5.61. The average molecular weight is 429 g/mol. The largest absolute Gasteiger partial charge is 0.453 e. The number of rotatable bonds is 2. The van der Waals surface area contributed by atoms with E-state index in [-0.39, 0.29) is 0 Å². The molecule has 31 heavy (non-hydrogen) atoms. The maximum atomic E-state index is 13.0. The van der Waals surface area contributed by atoms with E-state index in [2.05, 4.69) is 4.98 Å². The predicted molar refractivity (Wildman–Crippen MR) is 119 cm³/mol. The number of nitrogens with one attached hydrogen (secondary N) is 1. The molecular weight excluding hydrogens is 414 g/mol. The summed E-state index contributed by atoms with van der Waals surface area (Å²) in [5.74, 6) is -0.433. The van der Waals surface area contributed by atoms with Gasteiger partial charge < -0.3 is 14.3 Å². The van der Waals surface area contributed by atoms with E-state index in [9.17, 15) is 14.4 Å². The van der Waals surface area contributed by atoms with Crippen molar-refractivity contribution in [2.45, 2.75) is 13.0 Å². The molecule has 1 unspecified atom stereocenters. The van der Waals surface area contributed by atoms with Crippen molar-refractivity contribution < 1.29 is 9.53 Å². The summed E-state index contributed by atoms with van der Waals surface area (Å²) in [6.07, 6.45) is 1.47. The van der Waals surface area contributed by atoms with Crippen molar-refractivity contribution in [2.24, 2.45) is 0 Å². The van der Waals surface area contributed by atoms with Gasteiger partial charge in [-0.25, -0.2) is 4.79 Å². The molecular formula is C23H15N3O4S. The first-order valence-electron chi connectivity index (χ1n) is 9.72. The van der Waals surface area contributed by atoms with Crippen LogP contribution in [0.15, 0.2) is 70.4 Å². The number of para-hydroxylation sites is 1. The highest BCUT2D eigenvalue weighted by Crippen LogP contribution is 2.41. The third kappa shape index (κ3) is 2.48. The Bertz CT molecular complexity index is 1640. The standard InChI is InChI=1S/C23H15N3O4S/c1-12-17-18-21(31-19(17)23(29)30-12)24-20(27)22(28)26(18)15-8-7-13-9-10-25(16(13)11-15)14-5-3-2-4-6-14/h2-12H,1H3,(H,24,27). The quantitative estimate of drug-likeness (QED) is 0.340. The van der Waals surface area contributed by atoms with Crippen molar-refractivity contribution in [3.63, 3.8) is 0 Å². The lowest BCUT2D eigenvalue weighted by atomic mass is 10.1.